The van der Waals surface area contributed by atoms with Gasteiger partial charge in [-0.25, -0.2) is 0 Å². The molecule has 11 nitrogen and oxygen atoms in total. The molecule has 0 radical (unpaired) electrons. The Hall–Kier alpha value is -4.28. The zero-order chi connectivity index (χ0) is 22.0. The Morgan fingerprint density at radius 2 is 1.83 bits per heavy atom. The zero-order valence-electron chi connectivity index (χ0n) is 16.3. The SMILES string of the molecule is Cc1ccc(C)c(Oc2cc(NC(=O)c3nn(C)cc3[N+](=O)[O-])cc([N+](=O)[O-])c2)c1. The smallest absolute Gasteiger partial charge is 0.320 e. The first-order valence-corrected chi connectivity index (χ1v) is 8.68. The quantitative estimate of drug-likeness (QED) is 0.479. The van der Waals surface area contributed by atoms with Crippen LogP contribution >= 0.6 is 0 Å². The van der Waals surface area contributed by atoms with Crippen LogP contribution in [0, 0.1) is 34.1 Å². The maximum Gasteiger partial charge on any atom is 0.320 e. The number of ether oxygens (including phenoxy) is 1. The number of amides is 1. The number of non-ortho nitro benzene ring substituents is 1. The summed E-state index contributed by atoms with van der Waals surface area (Å²) in [7, 11) is 1.44. The molecule has 0 aliphatic carbocycles. The van der Waals surface area contributed by atoms with Crippen molar-refractivity contribution < 1.29 is 19.4 Å². The van der Waals surface area contributed by atoms with Gasteiger partial charge in [0.2, 0.25) is 5.69 Å². The van der Waals surface area contributed by atoms with Crippen LogP contribution in [0.2, 0.25) is 0 Å². The lowest BCUT2D eigenvalue weighted by Crippen LogP contribution is -2.14. The molecule has 0 saturated heterocycles. The molecule has 30 heavy (non-hydrogen) atoms. The van der Waals surface area contributed by atoms with Crippen LogP contribution in [0.5, 0.6) is 11.5 Å². The Balaban J connectivity index is 1.95. The number of rotatable bonds is 6. The number of nitrogens with zero attached hydrogens (tertiary/aromatic N) is 4. The van der Waals surface area contributed by atoms with Gasteiger partial charge in [0.15, 0.2) is 0 Å². The van der Waals surface area contributed by atoms with Crippen LogP contribution < -0.4 is 10.1 Å². The molecule has 3 rings (SSSR count). The lowest BCUT2D eigenvalue weighted by atomic mass is 10.1. The number of carbonyl (C=O) groups excluding carboxylic acids is 1. The molecular formula is C19H17N5O6. The van der Waals surface area contributed by atoms with Crippen LogP contribution in [-0.2, 0) is 7.05 Å². The third kappa shape index (κ3) is 4.41. The number of benzene rings is 2. The molecule has 0 saturated carbocycles. The normalized spacial score (nSPS) is 10.5. The predicted octanol–water partition coefficient (Wildman–Crippen LogP) is 3.90. The highest BCUT2D eigenvalue weighted by molar-refractivity contribution is 6.05. The lowest BCUT2D eigenvalue weighted by molar-refractivity contribution is -0.385. The first kappa shape index (κ1) is 20.5. The summed E-state index contributed by atoms with van der Waals surface area (Å²) in [6.07, 6.45) is 1.09. The lowest BCUT2D eigenvalue weighted by Gasteiger charge is -2.11. The third-order valence-corrected chi connectivity index (χ3v) is 4.15. The zero-order valence-corrected chi connectivity index (χ0v) is 16.3. The Morgan fingerprint density at radius 1 is 1.10 bits per heavy atom. The molecule has 0 bridgehead atoms. The molecule has 0 spiro atoms. The van der Waals surface area contributed by atoms with Crippen molar-refractivity contribution in [3.63, 3.8) is 0 Å². The second kappa shape index (κ2) is 7.99. The van der Waals surface area contributed by atoms with Gasteiger partial charge in [-0.3, -0.25) is 29.7 Å². The van der Waals surface area contributed by atoms with Crippen molar-refractivity contribution in [2.45, 2.75) is 13.8 Å². The molecule has 0 fully saturated rings. The van der Waals surface area contributed by atoms with Crippen molar-refractivity contribution >= 4 is 23.0 Å². The van der Waals surface area contributed by atoms with Gasteiger partial charge in [0.25, 0.3) is 11.6 Å². The molecule has 0 aliphatic rings. The first-order valence-electron chi connectivity index (χ1n) is 8.68. The van der Waals surface area contributed by atoms with Gasteiger partial charge in [0, 0.05) is 19.2 Å². The van der Waals surface area contributed by atoms with Crippen LogP contribution in [0.15, 0.2) is 42.6 Å². The summed E-state index contributed by atoms with van der Waals surface area (Å²) in [5.74, 6) is -0.239. The summed E-state index contributed by atoms with van der Waals surface area (Å²) < 4.78 is 6.93. The minimum Gasteiger partial charge on any atom is -0.457 e. The van der Waals surface area contributed by atoms with E-state index in [1.165, 1.54) is 19.2 Å². The maximum absolute atomic E-state index is 12.5. The molecule has 1 N–H and O–H groups in total. The number of aromatic nitrogens is 2. The fourth-order valence-electron chi connectivity index (χ4n) is 2.73. The molecule has 0 atom stereocenters. The number of hydrogen-bond donors (Lipinski definition) is 1. The van der Waals surface area contributed by atoms with Crippen LogP contribution in [-0.4, -0.2) is 25.5 Å². The van der Waals surface area contributed by atoms with E-state index >= 15 is 0 Å². The van der Waals surface area contributed by atoms with Gasteiger partial charge in [0.05, 0.1) is 21.6 Å². The van der Waals surface area contributed by atoms with Crippen molar-refractivity contribution in [3.8, 4) is 11.5 Å². The largest absolute Gasteiger partial charge is 0.457 e. The van der Waals surface area contributed by atoms with Crippen LogP contribution in [0.25, 0.3) is 0 Å². The number of anilines is 1. The molecule has 11 heteroatoms. The summed E-state index contributed by atoms with van der Waals surface area (Å²) in [6.45, 7) is 3.71. The van der Waals surface area contributed by atoms with E-state index in [1.807, 2.05) is 26.0 Å². The van der Waals surface area contributed by atoms with Gasteiger partial charge >= 0.3 is 5.69 Å². The van der Waals surface area contributed by atoms with E-state index < -0.39 is 27.1 Å². The molecule has 3 aromatic rings. The van der Waals surface area contributed by atoms with Gasteiger partial charge in [-0.15, -0.1) is 0 Å². The van der Waals surface area contributed by atoms with Gasteiger partial charge in [0.1, 0.15) is 17.7 Å². The highest BCUT2D eigenvalue weighted by Gasteiger charge is 2.25. The molecular weight excluding hydrogens is 394 g/mol. The van der Waals surface area contributed by atoms with Crippen LogP contribution in [0.3, 0.4) is 0 Å². The Kier molecular flexibility index (Phi) is 5.45. The molecule has 1 amide bonds. The Labute approximate surface area is 170 Å². The second-order valence-electron chi connectivity index (χ2n) is 6.59. The summed E-state index contributed by atoms with van der Waals surface area (Å²) in [4.78, 5) is 33.6. The topological polar surface area (TPSA) is 142 Å². The molecule has 154 valence electrons. The van der Waals surface area contributed by atoms with E-state index in [2.05, 4.69) is 10.4 Å². The number of nitro groups is 2. The van der Waals surface area contributed by atoms with Crippen molar-refractivity contribution in [2.24, 2.45) is 7.05 Å². The van der Waals surface area contributed by atoms with Gasteiger partial charge in [-0.1, -0.05) is 12.1 Å². The van der Waals surface area contributed by atoms with Gasteiger partial charge in [-0.05, 0) is 31.0 Å². The molecule has 1 heterocycles. The van der Waals surface area contributed by atoms with Crippen molar-refractivity contribution in [2.75, 3.05) is 5.32 Å². The third-order valence-electron chi connectivity index (χ3n) is 4.15. The minimum atomic E-state index is -0.875. The van der Waals surface area contributed by atoms with E-state index in [0.717, 1.165) is 28.1 Å². The van der Waals surface area contributed by atoms with Crippen LogP contribution in [0.1, 0.15) is 21.6 Å². The molecule has 1 aromatic heterocycles. The number of nitro benzene ring substituents is 1. The number of nitrogens with one attached hydrogen (secondary N) is 1. The summed E-state index contributed by atoms with van der Waals surface area (Å²) in [6, 6.07) is 9.28. The van der Waals surface area contributed by atoms with Crippen molar-refractivity contribution in [3.05, 3.63) is 79.6 Å². The Morgan fingerprint density at radius 3 is 2.50 bits per heavy atom. The first-order chi connectivity index (χ1) is 14.1. The number of aryl methyl sites for hydroxylation is 3. The maximum atomic E-state index is 12.5. The van der Waals surface area contributed by atoms with Crippen LogP contribution in [0.4, 0.5) is 17.1 Å². The van der Waals surface area contributed by atoms with Gasteiger partial charge < -0.3 is 10.1 Å². The number of carbonyl (C=O) groups is 1. The number of hydrogen-bond acceptors (Lipinski definition) is 7. The van der Waals surface area contributed by atoms with Crippen molar-refractivity contribution in [1.82, 2.24) is 9.78 Å². The average molecular weight is 411 g/mol. The summed E-state index contributed by atoms with van der Waals surface area (Å²) in [5, 5.41) is 28.6. The van der Waals surface area contributed by atoms with Gasteiger partial charge in [-0.2, -0.15) is 5.10 Å². The van der Waals surface area contributed by atoms with E-state index in [1.54, 1.807) is 6.07 Å². The van der Waals surface area contributed by atoms with E-state index in [9.17, 15) is 25.0 Å². The molecule has 2 aromatic carbocycles. The van der Waals surface area contributed by atoms with E-state index in [-0.39, 0.29) is 17.1 Å². The second-order valence-corrected chi connectivity index (χ2v) is 6.59. The standard InChI is InChI=1S/C19H17N5O6/c1-11-4-5-12(2)17(6-11)30-15-8-13(7-14(9-15)23(26)27)20-19(25)18-16(24(28)29)10-22(3)21-18/h4-10H,1-3H3,(H,20,25). The Bertz CT molecular complexity index is 1170. The fraction of sp³-hybridized carbons (Fsp3) is 0.158. The highest BCUT2D eigenvalue weighted by atomic mass is 16.6. The fourth-order valence-corrected chi connectivity index (χ4v) is 2.73. The minimum absolute atomic E-state index is 0.0365. The molecule has 0 unspecified atom stereocenters. The highest BCUT2D eigenvalue weighted by Crippen LogP contribution is 2.32. The average Bonchev–Trinajstić information content (AvgIpc) is 3.07. The monoisotopic (exact) mass is 411 g/mol. The van der Waals surface area contributed by atoms with E-state index in [4.69, 9.17) is 4.74 Å². The van der Waals surface area contributed by atoms with Crippen molar-refractivity contribution in [1.29, 1.82) is 0 Å². The van der Waals surface area contributed by atoms with E-state index in [0.29, 0.717) is 5.75 Å². The predicted molar refractivity (Wildman–Crippen MR) is 107 cm³/mol. The summed E-state index contributed by atoms with van der Waals surface area (Å²) in [5.41, 5.74) is 0.593. The molecule has 0 aliphatic heterocycles. The summed E-state index contributed by atoms with van der Waals surface area (Å²) >= 11 is 0.